The van der Waals surface area contributed by atoms with Crippen molar-refractivity contribution in [2.45, 2.75) is 322 Å². The van der Waals surface area contributed by atoms with Crippen molar-refractivity contribution in [3.8, 4) is 0 Å². The first kappa shape index (κ1) is 76.8. The highest BCUT2D eigenvalue weighted by Crippen LogP contribution is 2.16. The Kier molecular flexibility index (Phi) is 64.8. The van der Waals surface area contributed by atoms with Crippen molar-refractivity contribution in [2.75, 3.05) is 13.2 Å². The van der Waals surface area contributed by atoms with Crippen LogP contribution in [0.1, 0.15) is 316 Å². The number of unbranched alkanes of at least 4 members (excludes halogenated alkanes) is 30. The predicted molar refractivity (Wildman–Crippen MR) is 353 cm³/mol. The summed E-state index contributed by atoms with van der Waals surface area (Å²) in [5.74, 6) is -0.902. The molecule has 0 N–H and O–H groups in total. The van der Waals surface area contributed by atoms with E-state index in [0.29, 0.717) is 19.3 Å². The van der Waals surface area contributed by atoms with Gasteiger partial charge in [0.2, 0.25) is 0 Å². The van der Waals surface area contributed by atoms with Gasteiger partial charge in [-0.3, -0.25) is 14.4 Å². The van der Waals surface area contributed by atoms with Crippen LogP contribution < -0.4 is 0 Å². The minimum absolute atomic E-state index is 0.0877. The number of carbonyl (C=O) groups is 3. The Labute approximate surface area is 501 Å². The monoisotopic (exact) mass is 1120 g/mol. The van der Waals surface area contributed by atoms with E-state index >= 15 is 0 Å². The lowest BCUT2D eigenvalue weighted by atomic mass is 10.0. The van der Waals surface area contributed by atoms with Crippen LogP contribution in [0.25, 0.3) is 0 Å². The Morgan fingerprint density at radius 2 is 0.481 bits per heavy atom. The number of allylic oxidation sites excluding steroid dienone is 20. The van der Waals surface area contributed by atoms with Crippen molar-refractivity contribution >= 4 is 17.9 Å². The summed E-state index contributed by atoms with van der Waals surface area (Å²) in [4.78, 5) is 38.4. The van der Waals surface area contributed by atoms with E-state index < -0.39 is 6.10 Å². The Morgan fingerprint density at radius 1 is 0.259 bits per heavy atom. The second kappa shape index (κ2) is 68.3. The molecule has 0 amide bonds. The first-order chi connectivity index (χ1) is 40.0. The molecule has 0 aromatic heterocycles. The van der Waals surface area contributed by atoms with Gasteiger partial charge in [0.05, 0.1) is 0 Å². The van der Waals surface area contributed by atoms with E-state index in [9.17, 15) is 14.4 Å². The van der Waals surface area contributed by atoms with Crippen molar-refractivity contribution in [1.29, 1.82) is 0 Å². The molecule has 81 heavy (non-hydrogen) atoms. The quantitative estimate of drug-likeness (QED) is 0.0261. The third-order valence-electron chi connectivity index (χ3n) is 14.4. The van der Waals surface area contributed by atoms with Crippen LogP contribution in [0.15, 0.2) is 122 Å². The van der Waals surface area contributed by atoms with Crippen LogP contribution in [-0.4, -0.2) is 37.2 Å². The fourth-order valence-electron chi connectivity index (χ4n) is 9.40. The molecule has 0 radical (unpaired) electrons. The molecule has 0 aliphatic heterocycles. The van der Waals surface area contributed by atoms with Gasteiger partial charge in [0.1, 0.15) is 13.2 Å². The van der Waals surface area contributed by atoms with Gasteiger partial charge in [-0.05, 0) is 128 Å². The van der Waals surface area contributed by atoms with Crippen molar-refractivity contribution in [3.05, 3.63) is 122 Å². The van der Waals surface area contributed by atoms with E-state index in [1.165, 1.54) is 141 Å². The Hall–Kier alpha value is -4.19. The fraction of sp³-hybridized carbons (Fsp3) is 0.693. The average Bonchev–Trinajstić information content (AvgIpc) is 3.47. The Bertz CT molecular complexity index is 1670. The van der Waals surface area contributed by atoms with Gasteiger partial charge in [0, 0.05) is 19.3 Å². The molecular weight excluding hydrogens is 997 g/mol. The molecule has 6 heteroatoms. The molecule has 462 valence electrons. The summed E-state index contributed by atoms with van der Waals surface area (Å²) in [6, 6.07) is 0. The zero-order valence-corrected chi connectivity index (χ0v) is 53.0. The summed E-state index contributed by atoms with van der Waals surface area (Å²) < 4.78 is 17.0. The number of hydrogen-bond donors (Lipinski definition) is 0. The highest BCUT2D eigenvalue weighted by atomic mass is 16.6. The van der Waals surface area contributed by atoms with Gasteiger partial charge in [-0.1, -0.05) is 290 Å². The molecule has 0 aromatic carbocycles. The van der Waals surface area contributed by atoms with E-state index in [0.717, 1.165) is 135 Å². The molecule has 6 nitrogen and oxygen atoms in total. The predicted octanol–water partition coefficient (Wildman–Crippen LogP) is 23.6. The maximum absolute atomic E-state index is 12.9. The van der Waals surface area contributed by atoms with Crippen LogP contribution in [0.4, 0.5) is 0 Å². The van der Waals surface area contributed by atoms with E-state index in [2.05, 4.69) is 142 Å². The summed E-state index contributed by atoms with van der Waals surface area (Å²) in [5.41, 5.74) is 0. The summed E-state index contributed by atoms with van der Waals surface area (Å²) in [6.45, 7) is 6.40. The molecule has 0 aromatic rings. The van der Waals surface area contributed by atoms with Gasteiger partial charge in [-0.25, -0.2) is 0 Å². The van der Waals surface area contributed by atoms with E-state index in [1.54, 1.807) is 0 Å². The lowest BCUT2D eigenvalue weighted by Gasteiger charge is -2.18. The third-order valence-corrected chi connectivity index (χ3v) is 14.4. The molecule has 0 saturated heterocycles. The number of carbonyl (C=O) groups excluding carboxylic acids is 3. The number of rotatable bonds is 61. The SMILES string of the molecule is CC/C=C\C/C=C\C/C=C\C/C=C\CCCCCCCCCCCCCCCCC(=O)OCC(COC(=O)CCCCCCCCC/C=C\C/C=C\C/C=C\CC)OC(=O)CCCCCCCC/C=C\C/C=C\C/C=C\CCCCC. The van der Waals surface area contributed by atoms with E-state index in [-0.39, 0.29) is 31.1 Å². The smallest absolute Gasteiger partial charge is 0.306 e. The van der Waals surface area contributed by atoms with Crippen molar-refractivity contribution in [3.63, 3.8) is 0 Å². The summed E-state index contributed by atoms with van der Waals surface area (Å²) in [5, 5.41) is 0. The molecule has 0 bridgehead atoms. The maximum Gasteiger partial charge on any atom is 0.306 e. The lowest BCUT2D eigenvalue weighted by Crippen LogP contribution is -2.30. The van der Waals surface area contributed by atoms with Crippen molar-refractivity contribution in [1.82, 2.24) is 0 Å². The van der Waals surface area contributed by atoms with Crippen LogP contribution in [0.2, 0.25) is 0 Å². The highest BCUT2D eigenvalue weighted by molar-refractivity contribution is 5.71. The van der Waals surface area contributed by atoms with Gasteiger partial charge in [0.25, 0.3) is 0 Å². The van der Waals surface area contributed by atoms with E-state index in [4.69, 9.17) is 14.2 Å². The van der Waals surface area contributed by atoms with Gasteiger partial charge < -0.3 is 14.2 Å². The fourth-order valence-corrected chi connectivity index (χ4v) is 9.40. The molecule has 0 rings (SSSR count). The molecule has 0 heterocycles. The summed E-state index contributed by atoms with van der Waals surface area (Å²) in [7, 11) is 0. The average molecular weight is 1120 g/mol. The standard InChI is InChI=1S/C75H126O6/c1-4-7-10-13-16-19-22-25-28-31-33-34-35-36-37-38-39-40-42-44-47-50-53-56-59-62-65-68-74(77)80-71-72(70-79-73(76)67-64-61-58-55-52-49-46-43-30-27-24-21-18-15-12-9-6-3)81-75(78)69-66-63-60-57-54-51-48-45-41-32-29-26-23-20-17-14-11-8-5-2/h7,9-10,12,16-21,25-30,33-34,41,45,72H,4-6,8,11,13-15,22-24,31-32,35-40,42-44,46-71H2,1-3H3/b10-7-,12-9-,19-16-,20-17-,21-18-,28-25-,29-26-,30-27-,34-33-,45-41-. The second-order valence-electron chi connectivity index (χ2n) is 22.3. The molecule has 1 atom stereocenters. The largest absolute Gasteiger partial charge is 0.462 e. The zero-order valence-electron chi connectivity index (χ0n) is 53.0. The number of hydrogen-bond acceptors (Lipinski definition) is 6. The molecule has 0 spiro atoms. The van der Waals surface area contributed by atoms with E-state index in [1.807, 2.05) is 0 Å². The summed E-state index contributed by atoms with van der Waals surface area (Å²) in [6.07, 6.45) is 94.9. The first-order valence-electron chi connectivity index (χ1n) is 34.0. The molecule has 1 unspecified atom stereocenters. The van der Waals surface area contributed by atoms with Crippen LogP contribution in [-0.2, 0) is 28.6 Å². The van der Waals surface area contributed by atoms with Crippen molar-refractivity contribution in [2.24, 2.45) is 0 Å². The molecule has 0 saturated carbocycles. The summed E-state index contributed by atoms with van der Waals surface area (Å²) >= 11 is 0. The molecule has 0 fully saturated rings. The Balaban J connectivity index is 4.36. The Morgan fingerprint density at radius 3 is 0.753 bits per heavy atom. The topological polar surface area (TPSA) is 78.9 Å². The van der Waals surface area contributed by atoms with Crippen molar-refractivity contribution < 1.29 is 28.6 Å². The van der Waals surface area contributed by atoms with Gasteiger partial charge in [0.15, 0.2) is 6.10 Å². The van der Waals surface area contributed by atoms with Crippen LogP contribution in [0.5, 0.6) is 0 Å². The maximum atomic E-state index is 12.9. The normalized spacial score (nSPS) is 12.9. The van der Waals surface area contributed by atoms with Crippen LogP contribution in [0.3, 0.4) is 0 Å². The van der Waals surface area contributed by atoms with Crippen LogP contribution >= 0.6 is 0 Å². The number of esters is 3. The highest BCUT2D eigenvalue weighted by Gasteiger charge is 2.19. The lowest BCUT2D eigenvalue weighted by molar-refractivity contribution is -0.167. The zero-order chi connectivity index (χ0) is 58.5. The van der Waals surface area contributed by atoms with Gasteiger partial charge >= 0.3 is 17.9 Å². The van der Waals surface area contributed by atoms with Gasteiger partial charge in [-0.2, -0.15) is 0 Å². The van der Waals surface area contributed by atoms with Crippen LogP contribution in [0, 0.1) is 0 Å². The minimum atomic E-state index is -0.794. The molecule has 0 aliphatic carbocycles. The molecular formula is C75H126O6. The first-order valence-corrected chi connectivity index (χ1v) is 34.0. The molecule has 0 aliphatic rings. The number of ether oxygens (including phenoxy) is 3. The van der Waals surface area contributed by atoms with Gasteiger partial charge in [-0.15, -0.1) is 0 Å². The second-order valence-corrected chi connectivity index (χ2v) is 22.3. The third kappa shape index (κ3) is 66.5. The minimum Gasteiger partial charge on any atom is -0.462 e.